The molecule has 7 heteroatoms. The topological polar surface area (TPSA) is 103 Å². The first-order chi connectivity index (χ1) is 14.1. The quantitative estimate of drug-likeness (QED) is 0.341. The Morgan fingerprint density at radius 3 is 2.41 bits per heavy atom. The Kier molecular flexibility index (Phi) is 5.18. The van der Waals surface area contributed by atoms with Gasteiger partial charge in [-0.1, -0.05) is 66.2 Å². The van der Waals surface area contributed by atoms with Crippen LogP contribution in [0.4, 0.5) is 5.82 Å². The molecule has 0 amide bonds. The van der Waals surface area contributed by atoms with Crippen LogP contribution in [0.3, 0.4) is 0 Å². The van der Waals surface area contributed by atoms with Crippen molar-refractivity contribution < 1.29 is 0 Å². The zero-order chi connectivity index (χ0) is 20.2. The molecule has 4 rings (SSSR count). The van der Waals surface area contributed by atoms with Gasteiger partial charge in [0, 0.05) is 16.5 Å². The fourth-order valence-corrected chi connectivity index (χ4v) is 3.08. The van der Waals surface area contributed by atoms with Gasteiger partial charge in [0.25, 0.3) is 0 Å². The molecule has 0 unspecified atom stereocenters. The number of nitrogens with one attached hydrogen (secondary N) is 2. The van der Waals surface area contributed by atoms with Crippen molar-refractivity contribution in [1.29, 1.82) is 5.41 Å². The number of H-pyrrole nitrogens is 1. The summed E-state index contributed by atoms with van der Waals surface area (Å²) in [7, 11) is 0. The van der Waals surface area contributed by atoms with Crippen LogP contribution in [-0.4, -0.2) is 27.6 Å². The maximum absolute atomic E-state index is 8.64. The van der Waals surface area contributed by atoms with E-state index in [2.05, 4.69) is 20.2 Å². The molecule has 6 nitrogen and oxygen atoms in total. The lowest BCUT2D eigenvalue weighted by molar-refractivity contribution is 1.11. The minimum atomic E-state index is 0.132. The van der Waals surface area contributed by atoms with Gasteiger partial charge in [0.15, 0.2) is 11.7 Å². The third-order valence-corrected chi connectivity index (χ3v) is 4.65. The lowest BCUT2D eigenvalue weighted by atomic mass is 10.1. The van der Waals surface area contributed by atoms with E-state index in [1.54, 1.807) is 12.1 Å². The number of amidine groups is 2. The van der Waals surface area contributed by atoms with E-state index in [1.165, 1.54) is 0 Å². The highest BCUT2D eigenvalue weighted by atomic mass is 35.5. The summed E-state index contributed by atoms with van der Waals surface area (Å²) >= 11 is 6.25. The molecule has 142 valence electrons. The molecule has 0 aliphatic heterocycles. The SMILES string of the molecule is N=C(C(=Nc1n[nH]c2ccccc12)N=C(N)c1ccccc1Cl)c1ccccc1. The first-order valence-electron chi connectivity index (χ1n) is 8.88. The number of nitrogens with two attached hydrogens (primary N) is 1. The minimum absolute atomic E-state index is 0.132. The number of hydrogen-bond acceptors (Lipinski definition) is 3. The normalized spacial score (nSPS) is 12.3. The highest BCUT2D eigenvalue weighted by Gasteiger charge is 2.14. The minimum Gasteiger partial charge on any atom is -0.383 e. The molecule has 0 fully saturated rings. The number of rotatable bonds is 4. The maximum Gasteiger partial charge on any atom is 0.183 e. The molecule has 4 aromatic rings. The maximum atomic E-state index is 8.64. The Bertz CT molecular complexity index is 1240. The molecule has 0 bridgehead atoms. The summed E-state index contributed by atoms with van der Waals surface area (Å²) in [5, 5.41) is 17.2. The van der Waals surface area contributed by atoms with Gasteiger partial charge >= 0.3 is 0 Å². The van der Waals surface area contributed by atoms with Gasteiger partial charge in [0.1, 0.15) is 11.5 Å². The highest BCUT2D eigenvalue weighted by Crippen LogP contribution is 2.23. The highest BCUT2D eigenvalue weighted by molar-refractivity contribution is 6.48. The summed E-state index contributed by atoms with van der Waals surface area (Å²) in [6.07, 6.45) is 0. The van der Waals surface area contributed by atoms with E-state index >= 15 is 0 Å². The molecule has 0 saturated heterocycles. The molecule has 0 spiro atoms. The zero-order valence-corrected chi connectivity index (χ0v) is 16.1. The van der Waals surface area contributed by atoms with Crippen molar-refractivity contribution in [2.45, 2.75) is 0 Å². The number of aliphatic imine (C=N–C) groups is 2. The van der Waals surface area contributed by atoms with Gasteiger partial charge in [-0.2, -0.15) is 5.10 Å². The summed E-state index contributed by atoms with van der Waals surface area (Å²) in [6, 6.07) is 24.0. The molecular formula is C22H17ClN6. The van der Waals surface area contributed by atoms with Gasteiger partial charge in [-0.05, 0) is 24.3 Å². The molecule has 0 aliphatic carbocycles. The summed E-state index contributed by atoms with van der Waals surface area (Å²) < 4.78 is 0. The predicted octanol–water partition coefficient (Wildman–Crippen LogP) is 4.72. The number of aromatic nitrogens is 2. The van der Waals surface area contributed by atoms with Crippen LogP contribution in [0.1, 0.15) is 11.1 Å². The second-order valence-electron chi connectivity index (χ2n) is 6.25. The van der Waals surface area contributed by atoms with Crippen LogP contribution in [0.5, 0.6) is 0 Å². The lowest BCUT2D eigenvalue weighted by Gasteiger charge is -2.07. The average molecular weight is 401 g/mol. The molecule has 0 atom stereocenters. The Balaban J connectivity index is 1.84. The van der Waals surface area contributed by atoms with E-state index in [0.717, 1.165) is 10.9 Å². The van der Waals surface area contributed by atoms with Crippen molar-refractivity contribution in [2.24, 2.45) is 15.7 Å². The van der Waals surface area contributed by atoms with Gasteiger partial charge in [-0.3, -0.25) is 10.5 Å². The van der Waals surface area contributed by atoms with Crippen LogP contribution in [-0.2, 0) is 0 Å². The van der Waals surface area contributed by atoms with Crippen molar-refractivity contribution in [3.05, 3.63) is 95.0 Å². The number of hydrogen-bond donors (Lipinski definition) is 3. The Morgan fingerprint density at radius 1 is 0.931 bits per heavy atom. The standard InChI is InChI=1S/C22H17ClN6/c23-17-12-6-4-10-15(17)20(25)26-22(19(24)14-8-2-1-3-9-14)27-21-16-11-5-7-13-18(16)28-29-21/h1-13,24H,(H3,25,26,27,28,29). The molecule has 3 aromatic carbocycles. The van der Waals surface area contributed by atoms with Crippen molar-refractivity contribution in [2.75, 3.05) is 0 Å². The van der Waals surface area contributed by atoms with Gasteiger partial charge in [-0.15, -0.1) is 0 Å². The number of benzene rings is 3. The molecule has 0 radical (unpaired) electrons. The Morgan fingerprint density at radius 2 is 1.62 bits per heavy atom. The third-order valence-electron chi connectivity index (χ3n) is 4.32. The Labute approximate surface area is 172 Å². The van der Waals surface area contributed by atoms with Crippen molar-refractivity contribution in [1.82, 2.24) is 10.2 Å². The molecule has 29 heavy (non-hydrogen) atoms. The molecule has 1 heterocycles. The van der Waals surface area contributed by atoms with Crippen LogP contribution in [0, 0.1) is 5.41 Å². The second kappa shape index (κ2) is 8.08. The average Bonchev–Trinajstić information content (AvgIpc) is 3.16. The monoisotopic (exact) mass is 400 g/mol. The Hall–Kier alpha value is -3.77. The predicted molar refractivity (Wildman–Crippen MR) is 119 cm³/mol. The van der Waals surface area contributed by atoms with Crippen LogP contribution < -0.4 is 5.73 Å². The number of nitrogens with zero attached hydrogens (tertiary/aromatic N) is 3. The van der Waals surface area contributed by atoms with Crippen molar-refractivity contribution in [3.8, 4) is 0 Å². The van der Waals surface area contributed by atoms with Crippen LogP contribution in [0.15, 0.2) is 88.8 Å². The lowest BCUT2D eigenvalue weighted by Crippen LogP contribution is -2.20. The first kappa shape index (κ1) is 18.6. The molecule has 0 aliphatic rings. The molecular weight excluding hydrogens is 384 g/mol. The van der Waals surface area contributed by atoms with E-state index in [1.807, 2.05) is 66.7 Å². The van der Waals surface area contributed by atoms with E-state index in [-0.39, 0.29) is 17.4 Å². The molecule has 4 N–H and O–H groups in total. The fourth-order valence-electron chi connectivity index (χ4n) is 2.85. The number of halogens is 1. The van der Waals surface area contributed by atoms with E-state index in [0.29, 0.717) is 22.0 Å². The van der Waals surface area contributed by atoms with Gasteiger partial charge in [0.2, 0.25) is 0 Å². The fraction of sp³-hybridized carbons (Fsp3) is 0. The first-order valence-corrected chi connectivity index (χ1v) is 9.26. The number of fused-ring (bicyclic) bond motifs is 1. The van der Waals surface area contributed by atoms with Gasteiger partial charge in [-0.25, -0.2) is 9.98 Å². The number of para-hydroxylation sites is 1. The third kappa shape index (κ3) is 3.93. The second-order valence-corrected chi connectivity index (χ2v) is 6.65. The van der Waals surface area contributed by atoms with E-state index in [4.69, 9.17) is 22.7 Å². The smallest absolute Gasteiger partial charge is 0.183 e. The summed E-state index contributed by atoms with van der Waals surface area (Å²) in [5.41, 5.74) is 8.44. The summed E-state index contributed by atoms with van der Waals surface area (Å²) in [5.74, 6) is 0.757. The number of aromatic amines is 1. The molecule has 0 saturated carbocycles. The summed E-state index contributed by atoms with van der Waals surface area (Å²) in [6.45, 7) is 0. The zero-order valence-electron chi connectivity index (χ0n) is 15.3. The van der Waals surface area contributed by atoms with Gasteiger partial charge in [0.05, 0.1) is 10.5 Å². The van der Waals surface area contributed by atoms with Crippen LogP contribution in [0.25, 0.3) is 10.9 Å². The van der Waals surface area contributed by atoms with Crippen molar-refractivity contribution >= 4 is 45.7 Å². The van der Waals surface area contributed by atoms with Crippen molar-refractivity contribution in [3.63, 3.8) is 0 Å². The van der Waals surface area contributed by atoms with E-state index < -0.39 is 0 Å². The largest absolute Gasteiger partial charge is 0.383 e. The van der Waals surface area contributed by atoms with E-state index in [9.17, 15) is 0 Å². The van der Waals surface area contributed by atoms with Crippen LogP contribution in [0.2, 0.25) is 5.02 Å². The van der Waals surface area contributed by atoms with Gasteiger partial charge < -0.3 is 5.73 Å². The molecule has 1 aromatic heterocycles. The summed E-state index contributed by atoms with van der Waals surface area (Å²) in [4.78, 5) is 9.00. The van der Waals surface area contributed by atoms with Crippen LogP contribution >= 0.6 is 11.6 Å².